The van der Waals surface area contributed by atoms with Crippen molar-refractivity contribution in [1.82, 2.24) is 10.3 Å². The number of carbonyl (C=O) groups excluding carboxylic acids is 1. The number of rotatable bonds is 5. The number of nitrogens with zero attached hydrogens (tertiary/aromatic N) is 1. The standard InChI is InChI=1S/C10H13F2N3O/c1-2-13-9-5-7(3-4-14-9)10(16)15-6-8(11)12/h3-5,8H,2,6H2,1H3,(H,13,14)(H,15,16). The third-order valence-electron chi connectivity index (χ3n) is 1.80. The summed E-state index contributed by atoms with van der Waals surface area (Å²) in [6.45, 7) is 1.93. The van der Waals surface area contributed by atoms with Gasteiger partial charge in [0.15, 0.2) is 0 Å². The monoisotopic (exact) mass is 229 g/mol. The number of amides is 1. The van der Waals surface area contributed by atoms with E-state index in [0.717, 1.165) is 0 Å². The molecule has 0 unspecified atom stereocenters. The second-order valence-corrected chi connectivity index (χ2v) is 3.06. The molecule has 1 aromatic heterocycles. The molecule has 0 aliphatic heterocycles. The molecule has 1 aromatic rings. The highest BCUT2D eigenvalue weighted by Crippen LogP contribution is 2.06. The molecule has 6 heteroatoms. The number of hydrogen-bond donors (Lipinski definition) is 2. The van der Waals surface area contributed by atoms with Crippen molar-refractivity contribution in [1.29, 1.82) is 0 Å². The number of nitrogens with one attached hydrogen (secondary N) is 2. The number of pyridine rings is 1. The van der Waals surface area contributed by atoms with Crippen molar-refractivity contribution >= 4 is 11.7 Å². The maximum Gasteiger partial charge on any atom is 0.255 e. The smallest absolute Gasteiger partial charge is 0.255 e. The maximum atomic E-state index is 11.9. The summed E-state index contributed by atoms with van der Waals surface area (Å²) >= 11 is 0. The molecule has 16 heavy (non-hydrogen) atoms. The molecule has 0 spiro atoms. The van der Waals surface area contributed by atoms with Crippen LogP contribution in [0.4, 0.5) is 14.6 Å². The normalized spacial score (nSPS) is 10.2. The molecule has 0 saturated carbocycles. The van der Waals surface area contributed by atoms with Crippen molar-refractivity contribution in [3.8, 4) is 0 Å². The predicted molar refractivity (Wildman–Crippen MR) is 56.7 cm³/mol. The number of anilines is 1. The van der Waals surface area contributed by atoms with Crippen LogP contribution in [0.2, 0.25) is 0 Å². The Bertz CT molecular complexity index is 358. The molecule has 0 atom stereocenters. The minimum absolute atomic E-state index is 0.312. The molecule has 1 heterocycles. The van der Waals surface area contributed by atoms with Crippen LogP contribution in [0.5, 0.6) is 0 Å². The lowest BCUT2D eigenvalue weighted by atomic mass is 10.2. The highest BCUT2D eigenvalue weighted by molar-refractivity contribution is 5.94. The number of carbonyl (C=O) groups is 1. The zero-order valence-electron chi connectivity index (χ0n) is 8.84. The summed E-state index contributed by atoms with van der Waals surface area (Å²) < 4.78 is 23.7. The van der Waals surface area contributed by atoms with E-state index >= 15 is 0 Å². The van der Waals surface area contributed by atoms with Gasteiger partial charge in [-0.2, -0.15) is 0 Å². The van der Waals surface area contributed by atoms with Crippen LogP contribution in [0.25, 0.3) is 0 Å². The van der Waals surface area contributed by atoms with Crippen LogP contribution in [-0.2, 0) is 0 Å². The van der Waals surface area contributed by atoms with Gasteiger partial charge in [-0.1, -0.05) is 0 Å². The van der Waals surface area contributed by atoms with Gasteiger partial charge in [0, 0.05) is 18.3 Å². The van der Waals surface area contributed by atoms with Gasteiger partial charge in [-0.05, 0) is 19.1 Å². The van der Waals surface area contributed by atoms with Gasteiger partial charge < -0.3 is 10.6 Å². The van der Waals surface area contributed by atoms with Crippen LogP contribution in [-0.4, -0.2) is 30.4 Å². The lowest BCUT2D eigenvalue weighted by molar-refractivity contribution is 0.0891. The molecule has 0 fully saturated rings. The van der Waals surface area contributed by atoms with Gasteiger partial charge in [0.25, 0.3) is 12.3 Å². The summed E-state index contributed by atoms with van der Waals surface area (Å²) in [4.78, 5) is 15.4. The first-order valence-electron chi connectivity index (χ1n) is 4.89. The Morgan fingerprint density at radius 1 is 1.56 bits per heavy atom. The van der Waals surface area contributed by atoms with Crippen molar-refractivity contribution in [3.05, 3.63) is 23.9 Å². The zero-order valence-corrected chi connectivity index (χ0v) is 8.84. The fraction of sp³-hybridized carbons (Fsp3) is 0.400. The van der Waals surface area contributed by atoms with Gasteiger partial charge in [0.1, 0.15) is 5.82 Å². The van der Waals surface area contributed by atoms with Crippen LogP contribution in [0.3, 0.4) is 0 Å². The Kier molecular flexibility index (Phi) is 4.63. The molecule has 0 aliphatic carbocycles. The molecule has 2 N–H and O–H groups in total. The SMILES string of the molecule is CCNc1cc(C(=O)NCC(F)F)ccn1. The molecule has 0 saturated heterocycles. The third-order valence-corrected chi connectivity index (χ3v) is 1.80. The summed E-state index contributed by atoms with van der Waals surface area (Å²) in [6, 6.07) is 2.99. The summed E-state index contributed by atoms with van der Waals surface area (Å²) in [5, 5.41) is 5.05. The van der Waals surface area contributed by atoms with Crippen LogP contribution < -0.4 is 10.6 Å². The molecule has 4 nitrogen and oxygen atoms in total. The number of aromatic nitrogens is 1. The quantitative estimate of drug-likeness (QED) is 0.804. The first-order valence-corrected chi connectivity index (χ1v) is 4.89. The number of halogens is 2. The van der Waals surface area contributed by atoms with E-state index in [-0.39, 0.29) is 0 Å². The number of alkyl halides is 2. The van der Waals surface area contributed by atoms with E-state index < -0.39 is 18.9 Å². The van der Waals surface area contributed by atoms with E-state index in [1.807, 2.05) is 6.92 Å². The molecular weight excluding hydrogens is 216 g/mol. The maximum absolute atomic E-state index is 11.9. The van der Waals surface area contributed by atoms with E-state index in [1.54, 1.807) is 0 Å². The lowest BCUT2D eigenvalue weighted by Crippen LogP contribution is -2.28. The van der Waals surface area contributed by atoms with Gasteiger partial charge >= 0.3 is 0 Å². The summed E-state index contributed by atoms with van der Waals surface area (Å²) in [5.74, 6) is 0.0223. The van der Waals surface area contributed by atoms with Crippen molar-refractivity contribution in [3.63, 3.8) is 0 Å². The number of hydrogen-bond acceptors (Lipinski definition) is 3. The van der Waals surface area contributed by atoms with Crippen molar-refractivity contribution < 1.29 is 13.6 Å². The van der Waals surface area contributed by atoms with E-state index in [9.17, 15) is 13.6 Å². The molecule has 0 bridgehead atoms. The van der Waals surface area contributed by atoms with Crippen molar-refractivity contribution in [2.75, 3.05) is 18.4 Å². The first kappa shape index (κ1) is 12.4. The highest BCUT2D eigenvalue weighted by atomic mass is 19.3. The second kappa shape index (κ2) is 5.99. The Labute approximate surface area is 92.1 Å². The van der Waals surface area contributed by atoms with E-state index in [2.05, 4.69) is 15.6 Å². The van der Waals surface area contributed by atoms with Crippen LogP contribution in [0.15, 0.2) is 18.3 Å². The molecule has 0 radical (unpaired) electrons. The second-order valence-electron chi connectivity index (χ2n) is 3.06. The fourth-order valence-electron chi connectivity index (χ4n) is 1.12. The van der Waals surface area contributed by atoms with Crippen LogP contribution in [0.1, 0.15) is 17.3 Å². The van der Waals surface area contributed by atoms with Crippen molar-refractivity contribution in [2.24, 2.45) is 0 Å². The fourth-order valence-corrected chi connectivity index (χ4v) is 1.12. The average molecular weight is 229 g/mol. The van der Waals surface area contributed by atoms with Gasteiger partial charge in [0.2, 0.25) is 0 Å². The minimum Gasteiger partial charge on any atom is -0.370 e. The molecular formula is C10H13F2N3O. The molecule has 0 aromatic carbocycles. The van der Waals surface area contributed by atoms with E-state index in [0.29, 0.717) is 17.9 Å². The summed E-state index contributed by atoms with van der Waals surface area (Å²) in [6.07, 6.45) is -1.09. The Morgan fingerprint density at radius 2 is 2.31 bits per heavy atom. The van der Waals surface area contributed by atoms with E-state index in [1.165, 1.54) is 18.3 Å². The minimum atomic E-state index is -2.54. The van der Waals surface area contributed by atoms with Gasteiger partial charge in [-0.15, -0.1) is 0 Å². The average Bonchev–Trinajstić information content (AvgIpc) is 2.26. The van der Waals surface area contributed by atoms with Crippen molar-refractivity contribution in [2.45, 2.75) is 13.3 Å². The summed E-state index contributed by atoms with van der Waals surface area (Å²) in [7, 11) is 0. The molecule has 1 amide bonds. The van der Waals surface area contributed by atoms with Gasteiger partial charge in [-0.3, -0.25) is 4.79 Å². The largest absolute Gasteiger partial charge is 0.370 e. The van der Waals surface area contributed by atoms with E-state index in [4.69, 9.17) is 0 Å². The molecule has 1 rings (SSSR count). The Hall–Kier alpha value is -1.72. The molecule has 88 valence electrons. The van der Waals surface area contributed by atoms with Crippen LogP contribution >= 0.6 is 0 Å². The first-order chi connectivity index (χ1) is 7.63. The highest BCUT2D eigenvalue weighted by Gasteiger charge is 2.09. The molecule has 0 aliphatic rings. The lowest BCUT2D eigenvalue weighted by Gasteiger charge is -2.06. The van der Waals surface area contributed by atoms with Gasteiger partial charge in [0.05, 0.1) is 6.54 Å². The Morgan fingerprint density at radius 3 is 2.94 bits per heavy atom. The zero-order chi connectivity index (χ0) is 12.0. The predicted octanol–water partition coefficient (Wildman–Crippen LogP) is 1.51. The van der Waals surface area contributed by atoms with Crippen LogP contribution in [0, 0.1) is 0 Å². The topological polar surface area (TPSA) is 54.0 Å². The van der Waals surface area contributed by atoms with Gasteiger partial charge in [-0.25, -0.2) is 13.8 Å². The Balaban J connectivity index is 2.64. The third kappa shape index (κ3) is 3.80. The summed E-state index contributed by atoms with van der Waals surface area (Å²) in [5.41, 5.74) is 0.312.